The van der Waals surface area contributed by atoms with Gasteiger partial charge in [0.05, 0.1) is 22.4 Å². The molecule has 3 aromatic heterocycles. The zero-order valence-corrected chi connectivity index (χ0v) is 25.3. The van der Waals surface area contributed by atoms with Crippen molar-refractivity contribution in [3.63, 3.8) is 0 Å². The van der Waals surface area contributed by atoms with Gasteiger partial charge in [0.1, 0.15) is 11.2 Å². The van der Waals surface area contributed by atoms with Crippen LogP contribution in [-0.4, -0.2) is 9.97 Å². The summed E-state index contributed by atoms with van der Waals surface area (Å²) in [5.41, 5.74) is 9.80. The average Bonchev–Trinajstić information content (AvgIpc) is 3.53. The smallest absolute Gasteiger partial charge is 0.143 e. The Labute approximate surface area is 270 Å². The molecule has 0 fully saturated rings. The van der Waals surface area contributed by atoms with Crippen LogP contribution >= 0.6 is 0 Å². The Morgan fingerprint density at radius 1 is 0.362 bits per heavy atom. The lowest BCUT2D eigenvalue weighted by atomic mass is 9.95. The van der Waals surface area contributed by atoms with Gasteiger partial charge in [0.25, 0.3) is 0 Å². The van der Waals surface area contributed by atoms with E-state index in [1.807, 2.05) is 12.1 Å². The molecule has 10 aromatic rings. The average molecular weight is 599 g/mol. The quantitative estimate of drug-likeness (QED) is 0.190. The first kappa shape index (κ1) is 26.0. The summed E-state index contributed by atoms with van der Waals surface area (Å²) < 4.78 is 6.36. The third-order valence-electron chi connectivity index (χ3n) is 9.44. The van der Waals surface area contributed by atoms with Crippen molar-refractivity contribution in [1.29, 1.82) is 0 Å². The Balaban J connectivity index is 1.13. The Morgan fingerprint density at radius 2 is 0.979 bits per heavy atom. The number of pyridine rings is 2. The Bertz CT molecular complexity index is 2860. The molecule has 7 aromatic carbocycles. The van der Waals surface area contributed by atoms with Crippen LogP contribution in [0.15, 0.2) is 162 Å². The predicted octanol–water partition coefficient (Wildman–Crippen LogP) is 12.0. The number of fused-ring (bicyclic) bond motifs is 9. The second-order valence-electron chi connectivity index (χ2n) is 12.2. The molecule has 0 radical (unpaired) electrons. The van der Waals surface area contributed by atoms with Gasteiger partial charge in [-0.15, -0.1) is 0 Å². The van der Waals surface area contributed by atoms with Crippen LogP contribution in [0.2, 0.25) is 0 Å². The van der Waals surface area contributed by atoms with E-state index in [1.165, 1.54) is 21.5 Å². The van der Waals surface area contributed by atoms with Crippen molar-refractivity contribution in [2.45, 2.75) is 0 Å². The molecular formula is C44H26N2O. The van der Waals surface area contributed by atoms with Crippen molar-refractivity contribution in [3.8, 4) is 33.6 Å². The van der Waals surface area contributed by atoms with Crippen molar-refractivity contribution in [3.05, 3.63) is 158 Å². The summed E-state index contributed by atoms with van der Waals surface area (Å²) in [6.07, 6.45) is 0. The van der Waals surface area contributed by atoms with Crippen LogP contribution in [0.5, 0.6) is 0 Å². The fourth-order valence-electron chi connectivity index (χ4n) is 7.17. The molecule has 3 heteroatoms. The highest BCUT2D eigenvalue weighted by molar-refractivity contribution is 6.14. The topological polar surface area (TPSA) is 38.9 Å². The van der Waals surface area contributed by atoms with Crippen molar-refractivity contribution < 1.29 is 4.42 Å². The summed E-state index contributed by atoms with van der Waals surface area (Å²) in [4.78, 5) is 10.6. The minimum Gasteiger partial charge on any atom is -0.455 e. The van der Waals surface area contributed by atoms with E-state index < -0.39 is 0 Å². The first-order valence-corrected chi connectivity index (χ1v) is 15.9. The Morgan fingerprint density at radius 3 is 1.83 bits per heavy atom. The second kappa shape index (κ2) is 10.1. The lowest BCUT2D eigenvalue weighted by Crippen LogP contribution is -1.92. The summed E-state index contributed by atoms with van der Waals surface area (Å²) in [6.45, 7) is 0. The number of aromatic nitrogens is 2. The molecule has 0 unspecified atom stereocenters. The fourth-order valence-corrected chi connectivity index (χ4v) is 7.17. The van der Waals surface area contributed by atoms with Crippen LogP contribution in [0.3, 0.4) is 0 Å². The van der Waals surface area contributed by atoms with E-state index in [2.05, 4.69) is 146 Å². The van der Waals surface area contributed by atoms with Gasteiger partial charge in [-0.3, -0.25) is 0 Å². The molecule has 0 bridgehead atoms. The molecule has 0 spiro atoms. The van der Waals surface area contributed by atoms with E-state index in [9.17, 15) is 0 Å². The molecule has 0 aliphatic carbocycles. The summed E-state index contributed by atoms with van der Waals surface area (Å²) in [6, 6.07) is 55.5. The van der Waals surface area contributed by atoms with Crippen molar-refractivity contribution >= 4 is 65.3 Å². The monoisotopic (exact) mass is 598 g/mol. The van der Waals surface area contributed by atoms with Crippen molar-refractivity contribution in [2.75, 3.05) is 0 Å². The van der Waals surface area contributed by atoms with Gasteiger partial charge in [-0.2, -0.15) is 0 Å². The number of rotatable bonds is 3. The summed E-state index contributed by atoms with van der Waals surface area (Å²) in [7, 11) is 0. The van der Waals surface area contributed by atoms with Gasteiger partial charge in [0.15, 0.2) is 0 Å². The molecular weight excluding hydrogens is 572 g/mol. The maximum Gasteiger partial charge on any atom is 0.143 e. The largest absolute Gasteiger partial charge is 0.455 e. The second-order valence-corrected chi connectivity index (χ2v) is 12.2. The van der Waals surface area contributed by atoms with E-state index >= 15 is 0 Å². The van der Waals surface area contributed by atoms with E-state index in [0.29, 0.717) is 0 Å². The molecule has 218 valence electrons. The molecule has 10 rings (SSSR count). The molecule has 0 aliphatic heterocycles. The highest BCUT2D eigenvalue weighted by atomic mass is 16.3. The summed E-state index contributed by atoms with van der Waals surface area (Å²) >= 11 is 0. The van der Waals surface area contributed by atoms with Crippen molar-refractivity contribution in [1.82, 2.24) is 9.97 Å². The lowest BCUT2D eigenvalue weighted by molar-refractivity contribution is 0.670. The number of benzene rings is 7. The Kier molecular flexibility index (Phi) is 5.57. The van der Waals surface area contributed by atoms with Gasteiger partial charge < -0.3 is 4.42 Å². The van der Waals surface area contributed by atoms with Crippen LogP contribution in [0.1, 0.15) is 0 Å². The summed E-state index contributed by atoms with van der Waals surface area (Å²) in [5.74, 6) is 0. The minimum absolute atomic E-state index is 0.900. The zero-order valence-electron chi connectivity index (χ0n) is 25.3. The number of hydrogen-bond donors (Lipinski definition) is 0. The SMILES string of the molecule is c1cc(-c2ccc3ccc4ccc(-c5cc6ccccc6c6ccccc56)nc4c3n2)cc(-c2cccc3c2oc2ccccc23)c1. The van der Waals surface area contributed by atoms with Crippen LogP contribution in [-0.2, 0) is 0 Å². The van der Waals surface area contributed by atoms with Crippen molar-refractivity contribution in [2.24, 2.45) is 0 Å². The fraction of sp³-hybridized carbons (Fsp3) is 0. The molecule has 0 saturated heterocycles. The highest BCUT2D eigenvalue weighted by Crippen LogP contribution is 2.38. The van der Waals surface area contributed by atoms with E-state index in [4.69, 9.17) is 14.4 Å². The lowest BCUT2D eigenvalue weighted by Gasteiger charge is -2.12. The molecule has 47 heavy (non-hydrogen) atoms. The first-order valence-electron chi connectivity index (χ1n) is 15.9. The molecule has 0 amide bonds. The van der Waals surface area contributed by atoms with E-state index in [-0.39, 0.29) is 0 Å². The molecule has 0 atom stereocenters. The zero-order chi connectivity index (χ0) is 30.9. The predicted molar refractivity (Wildman–Crippen MR) is 196 cm³/mol. The van der Waals surface area contributed by atoms with Crippen LogP contribution < -0.4 is 0 Å². The van der Waals surface area contributed by atoms with Gasteiger partial charge in [-0.05, 0) is 57.4 Å². The van der Waals surface area contributed by atoms with Gasteiger partial charge in [0, 0.05) is 38.2 Å². The van der Waals surface area contributed by atoms with Gasteiger partial charge in [-0.25, -0.2) is 9.97 Å². The molecule has 3 nitrogen and oxygen atoms in total. The third-order valence-corrected chi connectivity index (χ3v) is 9.44. The van der Waals surface area contributed by atoms with Gasteiger partial charge >= 0.3 is 0 Å². The highest BCUT2D eigenvalue weighted by Gasteiger charge is 2.15. The van der Waals surface area contributed by atoms with E-state index in [1.54, 1.807) is 0 Å². The maximum atomic E-state index is 6.36. The molecule has 3 heterocycles. The number of para-hydroxylation sites is 2. The number of furan rings is 1. The molecule has 0 N–H and O–H groups in total. The van der Waals surface area contributed by atoms with Gasteiger partial charge in [-0.1, -0.05) is 127 Å². The van der Waals surface area contributed by atoms with Crippen LogP contribution in [0.25, 0.3) is 98.9 Å². The van der Waals surface area contributed by atoms with Crippen LogP contribution in [0, 0.1) is 0 Å². The van der Waals surface area contributed by atoms with Crippen LogP contribution in [0.4, 0.5) is 0 Å². The minimum atomic E-state index is 0.900. The maximum absolute atomic E-state index is 6.36. The number of nitrogens with zero attached hydrogens (tertiary/aromatic N) is 2. The first-order chi connectivity index (χ1) is 23.3. The Hall–Kier alpha value is -6.32. The van der Waals surface area contributed by atoms with Gasteiger partial charge in [0.2, 0.25) is 0 Å². The normalized spacial score (nSPS) is 11.8. The summed E-state index contributed by atoms with van der Waals surface area (Å²) in [5, 5.41) is 9.29. The molecule has 0 saturated carbocycles. The third kappa shape index (κ3) is 4.07. The molecule has 0 aliphatic rings. The number of hydrogen-bond acceptors (Lipinski definition) is 3. The standard InChI is InChI=1S/C44H26N2O/c1-2-12-32-30(9-1)26-38(35-14-4-3-13-34(32)35)40-24-22-28-20-19-27-21-23-39(45-42(27)43(28)46-40)31-11-7-10-29(25-31)33-16-8-17-37-36-15-5-6-18-41(36)47-44(33)37/h1-26H. The van der Waals surface area contributed by atoms with E-state index in [0.717, 1.165) is 77.4 Å².